The molecule has 0 amide bonds. The SMILES string of the molecule is CCN(CC(N)=S)Cc1ccccc1CC(=O)OC. The quantitative estimate of drug-likeness (QED) is 0.606. The van der Waals surface area contributed by atoms with Crippen LogP contribution in [0.2, 0.25) is 0 Å². The first-order chi connectivity index (χ1) is 9.06. The summed E-state index contributed by atoms with van der Waals surface area (Å²) >= 11 is 4.94. The summed E-state index contributed by atoms with van der Waals surface area (Å²) in [5.74, 6) is -0.232. The second kappa shape index (κ2) is 7.86. The van der Waals surface area contributed by atoms with Gasteiger partial charge in [-0.3, -0.25) is 9.69 Å². The summed E-state index contributed by atoms with van der Waals surface area (Å²) in [6, 6.07) is 7.84. The van der Waals surface area contributed by atoms with Gasteiger partial charge in [0.1, 0.15) is 0 Å². The lowest BCUT2D eigenvalue weighted by Gasteiger charge is -2.21. The molecule has 0 saturated heterocycles. The van der Waals surface area contributed by atoms with E-state index in [-0.39, 0.29) is 12.4 Å². The van der Waals surface area contributed by atoms with Crippen molar-refractivity contribution in [3.63, 3.8) is 0 Å². The molecule has 1 aromatic carbocycles. The summed E-state index contributed by atoms with van der Waals surface area (Å²) in [7, 11) is 1.40. The van der Waals surface area contributed by atoms with Crippen LogP contribution in [0.25, 0.3) is 0 Å². The van der Waals surface area contributed by atoms with Crippen molar-refractivity contribution in [2.75, 3.05) is 20.2 Å². The highest BCUT2D eigenvalue weighted by atomic mass is 32.1. The number of methoxy groups -OCH3 is 1. The maximum atomic E-state index is 11.4. The van der Waals surface area contributed by atoms with Gasteiger partial charge in [-0.2, -0.15) is 0 Å². The molecule has 0 fully saturated rings. The van der Waals surface area contributed by atoms with E-state index in [4.69, 9.17) is 22.7 Å². The zero-order chi connectivity index (χ0) is 14.3. The Labute approximate surface area is 119 Å². The molecule has 0 aliphatic carbocycles. The van der Waals surface area contributed by atoms with E-state index < -0.39 is 0 Å². The van der Waals surface area contributed by atoms with Crippen LogP contribution in [0.3, 0.4) is 0 Å². The van der Waals surface area contributed by atoms with Crippen LogP contribution in [0.1, 0.15) is 18.1 Å². The number of thiocarbonyl (C=S) groups is 1. The fourth-order valence-corrected chi connectivity index (χ4v) is 2.04. The van der Waals surface area contributed by atoms with Gasteiger partial charge < -0.3 is 10.5 Å². The fourth-order valence-electron chi connectivity index (χ4n) is 1.85. The third-order valence-electron chi connectivity index (χ3n) is 2.90. The van der Waals surface area contributed by atoms with Crippen molar-refractivity contribution in [1.82, 2.24) is 4.90 Å². The van der Waals surface area contributed by atoms with Crippen molar-refractivity contribution in [3.8, 4) is 0 Å². The number of nitrogens with zero attached hydrogens (tertiary/aromatic N) is 1. The van der Waals surface area contributed by atoms with Crippen molar-refractivity contribution >= 4 is 23.2 Å². The summed E-state index contributed by atoms with van der Waals surface area (Å²) in [4.78, 5) is 14.0. The molecule has 4 nitrogen and oxygen atoms in total. The third-order valence-corrected chi connectivity index (χ3v) is 3.03. The second-order valence-electron chi connectivity index (χ2n) is 4.29. The van der Waals surface area contributed by atoms with Crippen molar-refractivity contribution < 1.29 is 9.53 Å². The van der Waals surface area contributed by atoms with Gasteiger partial charge in [0.05, 0.1) is 18.5 Å². The first kappa shape index (κ1) is 15.6. The monoisotopic (exact) mass is 280 g/mol. The highest BCUT2D eigenvalue weighted by molar-refractivity contribution is 7.80. The van der Waals surface area contributed by atoms with E-state index in [9.17, 15) is 4.79 Å². The van der Waals surface area contributed by atoms with Gasteiger partial charge in [0.25, 0.3) is 0 Å². The predicted molar refractivity (Wildman–Crippen MR) is 79.9 cm³/mol. The molecule has 0 atom stereocenters. The Morgan fingerprint density at radius 2 is 2.00 bits per heavy atom. The number of ether oxygens (including phenoxy) is 1. The summed E-state index contributed by atoms with van der Waals surface area (Å²) in [5.41, 5.74) is 7.66. The highest BCUT2D eigenvalue weighted by Crippen LogP contribution is 2.13. The normalized spacial score (nSPS) is 10.5. The van der Waals surface area contributed by atoms with Gasteiger partial charge in [-0.25, -0.2) is 0 Å². The van der Waals surface area contributed by atoms with Gasteiger partial charge in [0.15, 0.2) is 0 Å². The largest absolute Gasteiger partial charge is 0.469 e. The molecule has 1 rings (SSSR count). The van der Waals surface area contributed by atoms with Crippen LogP contribution in [-0.4, -0.2) is 36.1 Å². The molecule has 0 aliphatic heterocycles. The Kier molecular flexibility index (Phi) is 6.45. The lowest BCUT2D eigenvalue weighted by atomic mass is 10.0. The molecule has 0 unspecified atom stereocenters. The first-order valence-corrected chi connectivity index (χ1v) is 6.61. The molecule has 0 saturated carbocycles. The summed E-state index contributed by atoms with van der Waals surface area (Å²) in [6.07, 6.45) is 0.289. The summed E-state index contributed by atoms with van der Waals surface area (Å²) in [5, 5.41) is 0. The predicted octanol–water partition coefficient (Wildman–Crippen LogP) is 1.51. The molecule has 0 bridgehead atoms. The number of carbonyl (C=O) groups excluding carboxylic acids is 1. The molecule has 1 aromatic rings. The Balaban J connectivity index is 2.81. The molecule has 0 radical (unpaired) electrons. The smallest absolute Gasteiger partial charge is 0.309 e. The lowest BCUT2D eigenvalue weighted by Crippen LogP contribution is -2.32. The van der Waals surface area contributed by atoms with Crippen molar-refractivity contribution in [1.29, 1.82) is 0 Å². The van der Waals surface area contributed by atoms with E-state index in [2.05, 4.69) is 11.8 Å². The van der Waals surface area contributed by atoms with Gasteiger partial charge in [-0.1, -0.05) is 43.4 Å². The Morgan fingerprint density at radius 1 is 1.37 bits per heavy atom. The molecule has 0 aromatic heterocycles. The number of nitrogens with two attached hydrogens (primary N) is 1. The van der Waals surface area contributed by atoms with Crippen LogP contribution in [0.4, 0.5) is 0 Å². The Bertz CT molecular complexity index is 449. The van der Waals surface area contributed by atoms with E-state index in [1.165, 1.54) is 7.11 Å². The van der Waals surface area contributed by atoms with Crippen LogP contribution >= 0.6 is 12.2 Å². The van der Waals surface area contributed by atoms with Crippen LogP contribution in [0.15, 0.2) is 24.3 Å². The molecule has 19 heavy (non-hydrogen) atoms. The molecular formula is C14H20N2O2S. The first-order valence-electron chi connectivity index (χ1n) is 6.21. The number of carbonyl (C=O) groups is 1. The Hall–Kier alpha value is -1.46. The van der Waals surface area contributed by atoms with Gasteiger partial charge in [-0.15, -0.1) is 0 Å². The van der Waals surface area contributed by atoms with Crippen molar-refractivity contribution in [3.05, 3.63) is 35.4 Å². The van der Waals surface area contributed by atoms with Crippen LogP contribution in [-0.2, 0) is 22.5 Å². The van der Waals surface area contributed by atoms with Gasteiger partial charge in [0, 0.05) is 13.1 Å². The number of rotatable bonds is 7. The van der Waals surface area contributed by atoms with Crippen molar-refractivity contribution in [2.45, 2.75) is 19.9 Å². The minimum atomic E-state index is -0.232. The molecule has 5 heteroatoms. The number of likely N-dealkylation sites (N-methyl/N-ethyl adjacent to an activating group) is 1. The van der Waals surface area contributed by atoms with E-state index in [0.29, 0.717) is 11.5 Å². The number of esters is 1. The molecule has 0 spiro atoms. The molecule has 104 valence electrons. The summed E-state index contributed by atoms with van der Waals surface area (Å²) < 4.78 is 4.71. The van der Waals surface area contributed by atoms with Gasteiger partial charge >= 0.3 is 5.97 Å². The van der Waals surface area contributed by atoms with E-state index in [1.54, 1.807) is 0 Å². The minimum Gasteiger partial charge on any atom is -0.469 e. The van der Waals surface area contributed by atoms with E-state index in [0.717, 1.165) is 24.2 Å². The topological polar surface area (TPSA) is 55.6 Å². The second-order valence-corrected chi connectivity index (χ2v) is 4.82. The average Bonchev–Trinajstić information content (AvgIpc) is 2.39. The van der Waals surface area contributed by atoms with Gasteiger partial charge in [-0.05, 0) is 17.7 Å². The molecular weight excluding hydrogens is 260 g/mol. The van der Waals surface area contributed by atoms with E-state index in [1.807, 2.05) is 24.3 Å². The third kappa shape index (κ3) is 5.36. The fraction of sp³-hybridized carbons (Fsp3) is 0.429. The minimum absolute atomic E-state index is 0.232. The highest BCUT2D eigenvalue weighted by Gasteiger charge is 2.11. The summed E-state index contributed by atoms with van der Waals surface area (Å²) in [6.45, 7) is 4.21. The Morgan fingerprint density at radius 3 is 2.53 bits per heavy atom. The van der Waals surface area contributed by atoms with Crippen LogP contribution in [0.5, 0.6) is 0 Å². The maximum absolute atomic E-state index is 11.4. The van der Waals surface area contributed by atoms with E-state index >= 15 is 0 Å². The van der Waals surface area contributed by atoms with Gasteiger partial charge in [0.2, 0.25) is 0 Å². The van der Waals surface area contributed by atoms with Crippen LogP contribution < -0.4 is 5.73 Å². The number of hydrogen-bond donors (Lipinski definition) is 1. The molecule has 0 heterocycles. The maximum Gasteiger partial charge on any atom is 0.309 e. The molecule has 0 aliphatic rings. The molecule has 2 N–H and O–H groups in total. The van der Waals surface area contributed by atoms with Crippen molar-refractivity contribution in [2.24, 2.45) is 5.73 Å². The van der Waals surface area contributed by atoms with Crippen LogP contribution in [0, 0.1) is 0 Å². The number of hydrogen-bond acceptors (Lipinski definition) is 4. The average molecular weight is 280 g/mol. The zero-order valence-electron chi connectivity index (χ0n) is 11.4. The number of benzene rings is 1. The zero-order valence-corrected chi connectivity index (χ0v) is 12.2. The standard InChI is InChI=1S/C14H20N2O2S/c1-3-16(10-13(15)19)9-12-7-5-4-6-11(12)8-14(17)18-2/h4-7H,3,8-10H2,1-2H3,(H2,15,19). The lowest BCUT2D eigenvalue weighted by molar-refractivity contribution is -0.139.